The van der Waals surface area contributed by atoms with Crippen molar-refractivity contribution in [2.45, 2.75) is 38.4 Å². The second-order valence-electron chi connectivity index (χ2n) is 7.35. The average molecular weight is 426 g/mol. The largest absolute Gasteiger partial charge is 0.348 e. The molecule has 1 saturated heterocycles. The Labute approximate surface area is 178 Å². The van der Waals surface area contributed by atoms with Crippen LogP contribution in [-0.2, 0) is 24.3 Å². The highest BCUT2D eigenvalue weighted by Crippen LogP contribution is 2.23. The van der Waals surface area contributed by atoms with Crippen molar-refractivity contribution < 1.29 is 4.79 Å². The van der Waals surface area contributed by atoms with Gasteiger partial charge in [0.15, 0.2) is 0 Å². The van der Waals surface area contributed by atoms with Crippen molar-refractivity contribution in [2.24, 2.45) is 0 Å². The zero-order valence-electron chi connectivity index (χ0n) is 16.2. The lowest BCUT2D eigenvalue weighted by molar-refractivity contribution is -0.133. The number of rotatable bonds is 5. The van der Waals surface area contributed by atoms with Crippen molar-refractivity contribution in [1.82, 2.24) is 25.1 Å². The number of fused-ring (bicyclic) bond motifs is 1. The molecule has 1 fully saturated rings. The summed E-state index contributed by atoms with van der Waals surface area (Å²) in [5.74, 6) is 0.0778. The summed E-state index contributed by atoms with van der Waals surface area (Å²) in [6.45, 7) is 4.75. The van der Waals surface area contributed by atoms with E-state index in [0.717, 1.165) is 30.9 Å². The van der Waals surface area contributed by atoms with E-state index in [9.17, 15) is 4.79 Å². The summed E-state index contributed by atoms with van der Waals surface area (Å²) in [5.41, 5.74) is 4.47. The van der Waals surface area contributed by atoms with E-state index in [1.165, 1.54) is 37.1 Å². The standard InChI is InChI=1S/C20H27N5O.2ClH/c1-24(20(26)19-18-17(8-9-21-19)22-14-23-18)12-15-6-2-3-7-16(15)13-25-10-4-5-11-25;;/h2-3,6-7,14,19,21H,4-5,8-13H2,1H3,(H,22,23);2*1H. The van der Waals surface area contributed by atoms with E-state index in [1.54, 1.807) is 6.33 Å². The molecule has 0 bridgehead atoms. The minimum Gasteiger partial charge on any atom is -0.348 e. The first-order valence-corrected chi connectivity index (χ1v) is 9.52. The molecule has 1 amide bonds. The molecule has 2 aromatic rings. The molecule has 1 aromatic heterocycles. The number of nitrogens with one attached hydrogen (secondary N) is 2. The summed E-state index contributed by atoms with van der Waals surface area (Å²) in [5, 5.41) is 3.32. The number of likely N-dealkylation sites (tertiary alicyclic amines) is 1. The Kier molecular flexibility index (Phi) is 8.31. The van der Waals surface area contributed by atoms with E-state index in [1.807, 2.05) is 11.9 Å². The van der Waals surface area contributed by atoms with Crippen LogP contribution in [0, 0.1) is 0 Å². The van der Waals surface area contributed by atoms with Crippen LogP contribution in [0.1, 0.15) is 41.4 Å². The van der Waals surface area contributed by atoms with E-state index < -0.39 is 0 Å². The van der Waals surface area contributed by atoms with Crippen molar-refractivity contribution in [3.8, 4) is 0 Å². The molecule has 4 rings (SSSR count). The predicted octanol–water partition coefficient (Wildman–Crippen LogP) is 2.69. The highest BCUT2D eigenvalue weighted by molar-refractivity contribution is 5.85. The molecule has 6 nitrogen and oxygen atoms in total. The zero-order valence-corrected chi connectivity index (χ0v) is 17.8. The van der Waals surface area contributed by atoms with Crippen LogP contribution in [0.3, 0.4) is 0 Å². The maximum absolute atomic E-state index is 13.0. The molecule has 0 aliphatic carbocycles. The monoisotopic (exact) mass is 425 g/mol. The second-order valence-corrected chi connectivity index (χ2v) is 7.35. The van der Waals surface area contributed by atoms with Gasteiger partial charge in [-0.1, -0.05) is 24.3 Å². The van der Waals surface area contributed by atoms with Crippen LogP contribution in [0.25, 0.3) is 0 Å². The number of hydrogen-bond donors (Lipinski definition) is 2. The van der Waals surface area contributed by atoms with Crippen molar-refractivity contribution in [3.63, 3.8) is 0 Å². The Morgan fingerprint density at radius 2 is 1.93 bits per heavy atom. The molecule has 154 valence electrons. The number of imidazole rings is 1. The fraction of sp³-hybridized carbons (Fsp3) is 0.500. The van der Waals surface area contributed by atoms with Gasteiger partial charge in [-0.3, -0.25) is 9.69 Å². The molecule has 28 heavy (non-hydrogen) atoms. The van der Waals surface area contributed by atoms with Gasteiger partial charge in [-0.25, -0.2) is 4.98 Å². The number of aromatic amines is 1. The van der Waals surface area contributed by atoms with Gasteiger partial charge in [-0.05, 0) is 37.1 Å². The minimum atomic E-state index is -0.347. The molecular formula is C20H29Cl2N5O. The van der Waals surface area contributed by atoms with Crippen LogP contribution < -0.4 is 5.32 Å². The highest BCUT2D eigenvalue weighted by Gasteiger charge is 2.30. The SMILES string of the molecule is CN(Cc1ccccc1CN1CCCC1)C(=O)C1NCCc2[nH]cnc21.Cl.Cl. The first-order chi connectivity index (χ1) is 12.7. The number of likely N-dealkylation sites (N-methyl/N-ethyl adjacent to an activating group) is 1. The van der Waals surface area contributed by atoms with Gasteiger partial charge in [-0.2, -0.15) is 0 Å². The Balaban J connectivity index is 0.00000140. The quantitative estimate of drug-likeness (QED) is 0.772. The normalized spacial score (nSPS) is 18.7. The lowest BCUT2D eigenvalue weighted by Crippen LogP contribution is -2.42. The minimum absolute atomic E-state index is 0. The molecule has 8 heteroatoms. The third-order valence-electron chi connectivity index (χ3n) is 5.49. The van der Waals surface area contributed by atoms with Gasteiger partial charge in [0, 0.05) is 38.8 Å². The molecule has 1 unspecified atom stereocenters. The number of hydrogen-bond acceptors (Lipinski definition) is 4. The highest BCUT2D eigenvalue weighted by atomic mass is 35.5. The third kappa shape index (κ3) is 4.87. The fourth-order valence-electron chi connectivity index (χ4n) is 4.02. The van der Waals surface area contributed by atoms with Crippen LogP contribution in [0.15, 0.2) is 30.6 Å². The number of aromatic nitrogens is 2. The molecule has 1 aromatic carbocycles. The van der Waals surface area contributed by atoms with E-state index in [0.29, 0.717) is 6.54 Å². The summed E-state index contributed by atoms with van der Waals surface area (Å²) in [6, 6.07) is 8.14. The number of H-pyrrole nitrogens is 1. The second kappa shape index (κ2) is 10.3. The van der Waals surface area contributed by atoms with Gasteiger partial charge < -0.3 is 15.2 Å². The topological polar surface area (TPSA) is 64.3 Å². The summed E-state index contributed by atoms with van der Waals surface area (Å²) < 4.78 is 0. The maximum atomic E-state index is 13.0. The van der Waals surface area contributed by atoms with Gasteiger partial charge in [0.05, 0.1) is 12.0 Å². The van der Waals surface area contributed by atoms with Crippen LogP contribution in [0.2, 0.25) is 0 Å². The smallest absolute Gasteiger partial charge is 0.246 e. The van der Waals surface area contributed by atoms with E-state index in [4.69, 9.17) is 0 Å². The molecular weight excluding hydrogens is 397 g/mol. The summed E-state index contributed by atoms with van der Waals surface area (Å²) in [7, 11) is 1.89. The lowest BCUT2D eigenvalue weighted by atomic mass is 10.0. The van der Waals surface area contributed by atoms with Crippen molar-refractivity contribution in [3.05, 3.63) is 53.1 Å². The van der Waals surface area contributed by atoms with Gasteiger partial charge in [0.2, 0.25) is 5.91 Å². The first-order valence-electron chi connectivity index (χ1n) is 9.52. The van der Waals surface area contributed by atoms with Crippen LogP contribution in [0.4, 0.5) is 0 Å². The fourth-order valence-corrected chi connectivity index (χ4v) is 4.02. The van der Waals surface area contributed by atoms with Gasteiger partial charge in [0.1, 0.15) is 6.04 Å². The molecule has 0 spiro atoms. The molecule has 0 saturated carbocycles. The van der Waals surface area contributed by atoms with E-state index >= 15 is 0 Å². The number of amides is 1. The van der Waals surface area contributed by atoms with Crippen LogP contribution in [-0.4, -0.2) is 52.4 Å². The predicted molar refractivity (Wildman–Crippen MR) is 115 cm³/mol. The number of halogens is 2. The molecule has 2 aliphatic rings. The number of carbonyl (C=O) groups excluding carboxylic acids is 1. The summed E-state index contributed by atoms with van der Waals surface area (Å²) in [6.07, 6.45) is 5.16. The Morgan fingerprint density at radius 3 is 2.68 bits per heavy atom. The molecule has 2 N–H and O–H groups in total. The van der Waals surface area contributed by atoms with Crippen molar-refractivity contribution >= 4 is 30.7 Å². The van der Waals surface area contributed by atoms with Gasteiger partial charge in [-0.15, -0.1) is 24.8 Å². The van der Waals surface area contributed by atoms with E-state index in [2.05, 4.69) is 44.5 Å². The van der Waals surface area contributed by atoms with E-state index in [-0.39, 0.29) is 36.8 Å². The Bertz CT molecular complexity index is 775. The molecule has 0 radical (unpaired) electrons. The van der Waals surface area contributed by atoms with Crippen LogP contribution in [0.5, 0.6) is 0 Å². The third-order valence-corrected chi connectivity index (χ3v) is 5.49. The Morgan fingerprint density at radius 1 is 1.21 bits per heavy atom. The molecule has 1 atom stereocenters. The lowest BCUT2D eigenvalue weighted by Gasteiger charge is -2.28. The molecule has 3 heterocycles. The Hall–Kier alpha value is -1.60. The van der Waals surface area contributed by atoms with Crippen molar-refractivity contribution in [2.75, 3.05) is 26.7 Å². The zero-order chi connectivity index (χ0) is 17.9. The van der Waals surface area contributed by atoms with Crippen molar-refractivity contribution in [1.29, 1.82) is 0 Å². The summed E-state index contributed by atoms with van der Waals surface area (Å²) >= 11 is 0. The average Bonchev–Trinajstić information content (AvgIpc) is 3.33. The summed E-state index contributed by atoms with van der Waals surface area (Å²) in [4.78, 5) is 24.9. The van der Waals surface area contributed by atoms with Crippen LogP contribution >= 0.6 is 24.8 Å². The van der Waals surface area contributed by atoms with Gasteiger partial charge in [0.25, 0.3) is 0 Å². The van der Waals surface area contributed by atoms with Gasteiger partial charge >= 0.3 is 0 Å². The molecule has 2 aliphatic heterocycles. The first kappa shape index (κ1) is 22.7. The maximum Gasteiger partial charge on any atom is 0.246 e. The number of carbonyl (C=O) groups is 1. The number of nitrogens with zero attached hydrogens (tertiary/aromatic N) is 3. The number of benzene rings is 1.